The smallest absolute Gasteiger partial charge is 0.210 e. The molecule has 0 aliphatic rings. The summed E-state index contributed by atoms with van der Waals surface area (Å²) >= 11 is 0. The Morgan fingerprint density at radius 1 is 0.444 bits per heavy atom. The number of hydrogen-bond donors (Lipinski definition) is 8. The molecular weight excluding hydrogens is 360 g/mol. The Balaban J connectivity index is 2.07. The number of phenolic OH excluding ortho intramolecular Hbond substituents is 8. The quantitative estimate of drug-likeness (QED) is 0.343. The van der Waals surface area contributed by atoms with E-state index in [1.54, 1.807) is 0 Å². The summed E-state index contributed by atoms with van der Waals surface area (Å²) < 4.78 is 5.23. The zero-order chi connectivity index (χ0) is 19.9. The van der Waals surface area contributed by atoms with Gasteiger partial charge < -0.3 is 45.6 Å². The normalized spacial score (nSPS) is 10.7. The third-order valence-corrected chi connectivity index (χ3v) is 3.66. The van der Waals surface area contributed by atoms with Gasteiger partial charge in [0.05, 0.1) is 11.1 Å². The maximum Gasteiger partial charge on any atom is 0.210 e. The van der Waals surface area contributed by atoms with Gasteiger partial charge in [0.1, 0.15) is 40.2 Å². The average Bonchev–Trinajstić information content (AvgIpc) is 2.52. The molecule has 0 saturated carbocycles. The Morgan fingerprint density at radius 3 is 1.19 bits per heavy atom. The van der Waals surface area contributed by atoms with Crippen molar-refractivity contribution < 1.29 is 45.6 Å². The molecule has 0 aliphatic carbocycles. The summed E-state index contributed by atoms with van der Waals surface area (Å²) in [5.74, 6) is -5.08. The number of phenols is 8. The lowest BCUT2D eigenvalue weighted by molar-refractivity contribution is 0.365. The highest BCUT2D eigenvalue weighted by Gasteiger charge is 2.22. The van der Waals surface area contributed by atoms with E-state index in [1.165, 1.54) is 0 Å². The lowest BCUT2D eigenvalue weighted by Gasteiger charge is -2.15. The second-order valence-corrected chi connectivity index (χ2v) is 5.61. The zero-order valence-corrected chi connectivity index (χ0v) is 13.5. The monoisotopic (exact) mass is 374 g/mol. The molecule has 27 heavy (non-hydrogen) atoms. The lowest BCUT2D eigenvalue weighted by atomic mass is 10.0. The highest BCUT2D eigenvalue weighted by Crippen LogP contribution is 2.50. The minimum absolute atomic E-state index is 0.206. The molecule has 3 aromatic carbocycles. The van der Waals surface area contributed by atoms with Gasteiger partial charge in [-0.05, 0) is 0 Å². The molecule has 0 aromatic heterocycles. The van der Waals surface area contributed by atoms with Crippen LogP contribution in [-0.4, -0.2) is 40.9 Å². The van der Waals surface area contributed by atoms with Gasteiger partial charge in [0.15, 0.2) is 11.5 Å². The molecule has 0 saturated heterocycles. The number of benzene rings is 3. The summed E-state index contributed by atoms with van der Waals surface area (Å²) in [7, 11) is 0. The Kier molecular flexibility index (Phi) is 4.12. The van der Waals surface area contributed by atoms with E-state index in [-0.39, 0.29) is 16.9 Å². The van der Waals surface area contributed by atoms with Gasteiger partial charge in [-0.25, -0.2) is 0 Å². The Morgan fingerprint density at radius 2 is 0.778 bits per heavy atom. The van der Waals surface area contributed by atoms with E-state index in [0.717, 1.165) is 36.4 Å². The van der Waals surface area contributed by atoms with Crippen LogP contribution in [-0.2, 0) is 0 Å². The Hall–Kier alpha value is -4.14. The summed E-state index contributed by atoms with van der Waals surface area (Å²) in [5.41, 5.74) is -0.666. The molecule has 9 nitrogen and oxygen atoms in total. The van der Waals surface area contributed by atoms with Crippen molar-refractivity contribution >= 4 is 0 Å². The molecule has 0 unspecified atom stereocenters. The van der Waals surface area contributed by atoms with Crippen LogP contribution >= 0.6 is 0 Å². The standard InChI is InChI=1S/C18H14O9/c19-7-1-10(21)16(11(22)2-7)17-12(23)5-9(6-13(17)24)27-18-14(25)3-8(20)4-15(18)26/h1-6,19-26H. The fourth-order valence-electron chi connectivity index (χ4n) is 2.56. The maximum absolute atomic E-state index is 10.2. The van der Waals surface area contributed by atoms with E-state index in [1.807, 2.05) is 0 Å². The molecular formula is C18H14O9. The van der Waals surface area contributed by atoms with Crippen molar-refractivity contribution in [3.05, 3.63) is 36.4 Å². The minimum Gasteiger partial charge on any atom is -0.508 e. The van der Waals surface area contributed by atoms with Gasteiger partial charge in [0.25, 0.3) is 0 Å². The predicted octanol–water partition coefficient (Wildman–Crippen LogP) is 2.79. The minimum atomic E-state index is -0.612. The van der Waals surface area contributed by atoms with Gasteiger partial charge >= 0.3 is 0 Å². The number of hydrogen-bond acceptors (Lipinski definition) is 9. The molecule has 3 aromatic rings. The summed E-state index contributed by atoms with van der Waals surface area (Å²) in [6.45, 7) is 0. The number of aromatic hydroxyl groups is 8. The molecule has 0 heterocycles. The molecule has 0 amide bonds. The Bertz CT molecular complexity index is 974. The highest BCUT2D eigenvalue weighted by atomic mass is 16.5. The second-order valence-electron chi connectivity index (χ2n) is 5.61. The third kappa shape index (κ3) is 3.21. The molecule has 8 N–H and O–H groups in total. The lowest BCUT2D eigenvalue weighted by Crippen LogP contribution is -1.89. The van der Waals surface area contributed by atoms with E-state index in [0.29, 0.717) is 0 Å². The van der Waals surface area contributed by atoms with Crippen LogP contribution < -0.4 is 4.74 Å². The third-order valence-electron chi connectivity index (χ3n) is 3.66. The summed E-state index contributed by atoms with van der Waals surface area (Å²) in [6, 6.07) is 5.63. The molecule has 0 radical (unpaired) electrons. The highest BCUT2D eigenvalue weighted by molar-refractivity contribution is 5.86. The second kappa shape index (κ2) is 6.30. The van der Waals surface area contributed by atoms with Crippen molar-refractivity contribution in [2.24, 2.45) is 0 Å². The molecule has 0 bridgehead atoms. The SMILES string of the molecule is Oc1cc(O)c(Oc2cc(O)c(-c3c(O)cc(O)cc3O)c(O)c2)c(O)c1. The summed E-state index contributed by atoms with van der Waals surface area (Å²) in [5, 5.41) is 78.4. The van der Waals surface area contributed by atoms with Crippen LogP contribution in [0.15, 0.2) is 36.4 Å². The first kappa shape index (κ1) is 17.7. The van der Waals surface area contributed by atoms with Crippen molar-refractivity contribution in [2.75, 3.05) is 0 Å². The van der Waals surface area contributed by atoms with Gasteiger partial charge in [0.2, 0.25) is 5.75 Å². The zero-order valence-electron chi connectivity index (χ0n) is 13.5. The molecule has 0 fully saturated rings. The molecule has 0 atom stereocenters. The van der Waals surface area contributed by atoms with Crippen molar-refractivity contribution in [3.8, 4) is 68.6 Å². The van der Waals surface area contributed by atoms with Crippen LogP contribution in [0.25, 0.3) is 11.1 Å². The predicted molar refractivity (Wildman–Crippen MR) is 91.7 cm³/mol. The van der Waals surface area contributed by atoms with Crippen LogP contribution in [0.5, 0.6) is 57.5 Å². The molecule has 3 rings (SSSR count). The van der Waals surface area contributed by atoms with E-state index >= 15 is 0 Å². The van der Waals surface area contributed by atoms with Gasteiger partial charge in [-0.2, -0.15) is 0 Å². The van der Waals surface area contributed by atoms with Crippen molar-refractivity contribution in [1.82, 2.24) is 0 Å². The summed E-state index contributed by atoms with van der Waals surface area (Å²) in [4.78, 5) is 0. The first-order valence-electron chi connectivity index (χ1n) is 7.41. The number of rotatable bonds is 3. The topological polar surface area (TPSA) is 171 Å². The van der Waals surface area contributed by atoms with Gasteiger partial charge in [-0.15, -0.1) is 0 Å². The van der Waals surface area contributed by atoms with Gasteiger partial charge in [-0.3, -0.25) is 0 Å². The van der Waals surface area contributed by atoms with Crippen LogP contribution in [0.4, 0.5) is 0 Å². The van der Waals surface area contributed by atoms with Crippen LogP contribution in [0, 0.1) is 0 Å². The van der Waals surface area contributed by atoms with E-state index in [2.05, 4.69) is 0 Å². The Labute approximate surface area is 151 Å². The van der Waals surface area contributed by atoms with Crippen LogP contribution in [0.2, 0.25) is 0 Å². The summed E-state index contributed by atoms with van der Waals surface area (Å²) in [6.07, 6.45) is 0. The van der Waals surface area contributed by atoms with Gasteiger partial charge in [-0.1, -0.05) is 0 Å². The van der Waals surface area contributed by atoms with Crippen LogP contribution in [0.1, 0.15) is 0 Å². The molecule has 0 aliphatic heterocycles. The van der Waals surface area contributed by atoms with Crippen molar-refractivity contribution in [3.63, 3.8) is 0 Å². The average molecular weight is 374 g/mol. The fourth-order valence-corrected chi connectivity index (χ4v) is 2.56. The maximum atomic E-state index is 10.2. The molecule has 9 heteroatoms. The first-order chi connectivity index (χ1) is 12.7. The number of ether oxygens (including phenoxy) is 1. The van der Waals surface area contributed by atoms with Crippen molar-refractivity contribution in [1.29, 1.82) is 0 Å². The van der Waals surface area contributed by atoms with Crippen molar-refractivity contribution in [2.45, 2.75) is 0 Å². The van der Waals surface area contributed by atoms with E-state index in [4.69, 9.17) is 4.74 Å². The fraction of sp³-hybridized carbons (Fsp3) is 0. The largest absolute Gasteiger partial charge is 0.508 e. The van der Waals surface area contributed by atoms with Gasteiger partial charge in [0, 0.05) is 36.4 Å². The van der Waals surface area contributed by atoms with Crippen LogP contribution in [0.3, 0.4) is 0 Å². The van der Waals surface area contributed by atoms with E-state index in [9.17, 15) is 40.9 Å². The molecule has 0 spiro atoms. The first-order valence-corrected chi connectivity index (χ1v) is 7.41. The van der Waals surface area contributed by atoms with E-state index < -0.39 is 51.7 Å². The molecule has 140 valence electrons.